The third-order valence-corrected chi connectivity index (χ3v) is 3.27. The number of benzene rings is 2. The van der Waals surface area contributed by atoms with E-state index in [1.807, 2.05) is 0 Å². The van der Waals surface area contributed by atoms with E-state index in [4.69, 9.17) is 0 Å². The summed E-state index contributed by atoms with van der Waals surface area (Å²) in [6.45, 7) is 1.80. The fourth-order valence-electron chi connectivity index (χ4n) is 2.15. The van der Waals surface area contributed by atoms with Gasteiger partial charge in [0.15, 0.2) is 0 Å². The van der Waals surface area contributed by atoms with Crippen LogP contribution >= 0.6 is 0 Å². The minimum atomic E-state index is -0.970. The number of halogens is 3. The van der Waals surface area contributed by atoms with Gasteiger partial charge >= 0.3 is 0 Å². The van der Waals surface area contributed by atoms with Crippen molar-refractivity contribution in [1.82, 2.24) is 0 Å². The predicted molar refractivity (Wildman–Crippen MR) is 70.9 cm³/mol. The lowest BCUT2D eigenvalue weighted by atomic mass is 9.98. The van der Waals surface area contributed by atoms with Crippen molar-refractivity contribution in [3.8, 4) is 0 Å². The van der Waals surface area contributed by atoms with Gasteiger partial charge in [-0.25, -0.2) is 13.2 Å². The Labute approximate surface area is 115 Å². The molecule has 0 fully saturated rings. The number of aryl methyl sites for hydroxylation is 1. The molecule has 0 saturated carbocycles. The molecule has 0 bridgehead atoms. The standard InChI is InChI=1S/C16H15F3O/c1-10-5-6-12(17)7-11(10)8-13(20)9-14-15(18)3-2-4-16(14)19/h2-7,13,20H,8-9H2,1H3. The number of aliphatic hydroxyl groups excluding tert-OH is 1. The van der Waals surface area contributed by atoms with Crippen molar-refractivity contribution < 1.29 is 18.3 Å². The average Bonchev–Trinajstić information content (AvgIpc) is 2.38. The fraction of sp³-hybridized carbons (Fsp3) is 0.250. The third kappa shape index (κ3) is 3.39. The van der Waals surface area contributed by atoms with Crippen molar-refractivity contribution in [2.45, 2.75) is 25.9 Å². The second-order valence-electron chi connectivity index (χ2n) is 4.83. The van der Waals surface area contributed by atoms with E-state index < -0.39 is 23.6 Å². The van der Waals surface area contributed by atoms with Gasteiger partial charge in [-0.2, -0.15) is 0 Å². The summed E-state index contributed by atoms with van der Waals surface area (Å²) in [5.74, 6) is -1.75. The van der Waals surface area contributed by atoms with Gasteiger partial charge in [0, 0.05) is 12.0 Å². The van der Waals surface area contributed by atoms with Gasteiger partial charge in [-0.3, -0.25) is 0 Å². The van der Waals surface area contributed by atoms with Crippen molar-refractivity contribution in [2.24, 2.45) is 0 Å². The summed E-state index contributed by atoms with van der Waals surface area (Å²) in [6.07, 6.45) is -0.965. The largest absolute Gasteiger partial charge is 0.392 e. The van der Waals surface area contributed by atoms with Crippen molar-refractivity contribution in [3.63, 3.8) is 0 Å². The first-order chi connectivity index (χ1) is 9.47. The normalized spacial score (nSPS) is 12.4. The van der Waals surface area contributed by atoms with Gasteiger partial charge in [0.2, 0.25) is 0 Å². The Morgan fingerprint density at radius 3 is 2.30 bits per heavy atom. The fourth-order valence-corrected chi connectivity index (χ4v) is 2.15. The van der Waals surface area contributed by atoms with Crippen molar-refractivity contribution >= 4 is 0 Å². The molecular weight excluding hydrogens is 265 g/mol. The zero-order valence-electron chi connectivity index (χ0n) is 11.0. The molecule has 0 amide bonds. The van der Waals surface area contributed by atoms with Crippen molar-refractivity contribution in [2.75, 3.05) is 0 Å². The first-order valence-corrected chi connectivity index (χ1v) is 6.33. The summed E-state index contributed by atoms with van der Waals surface area (Å²) in [7, 11) is 0. The van der Waals surface area contributed by atoms with Crippen LogP contribution in [0.2, 0.25) is 0 Å². The molecular formula is C16H15F3O. The predicted octanol–water partition coefficient (Wildman–Crippen LogP) is 3.56. The second-order valence-corrected chi connectivity index (χ2v) is 4.83. The molecule has 0 aromatic heterocycles. The van der Waals surface area contributed by atoms with E-state index in [9.17, 15) is 18.3 Å². The van der Waals surface area contributed by atoms with Crippen molar-refractivity contribution in [3.05, 3.63) is 70.5 Å². The van der Waals surface area contributed by atoms with Crippen LogP contribution in [0, 0.1) is 24.4 Å². The number of aliphatic hydroxyl groups is 1. The van der Waals surface area contributed by atoms with Gasteiger partial charge in [-0.1, -0.05) is 12.1 Å². The van der Waals surface area contributed by atoms with Gasteiger partial charge in [0.1, 0.15) is 17.5 Å². The Hall–Kier alpha value is -1.81. The van der Waals surface area contributed by atoms with Gasteiger partial charge in [0.25, 0.3) is 0 Å². The first kappa shape index (κ1) is 14.6. The van der Waals surface area contributed by atoms with E-state index in [0.717, 1.165) is 17.7 Å². The quantitative estimate of drug-likeness (QED) is 0.908. The third-order valence-electron chi connectivity index (χ3n) is 3.27. The SMILES string of the molecule is Cc1ccc(F)cc1CC(O)Cc1c(F)cccc1F. The Bertz CT molecular complexity index is 590. The minimum Gasteiger partial charge on any atom is -0.392 e. The molecule has 0 heterocycles. The molecule has 1 N–H and O–H groups in total. The highest BCUT2D eigenvalue weighted by Crippen LogP contribution is 2.18. The highest BCUT2D eigenvalue weighted by atomic mass is 19.1. The lowest BCUT2D eigenvalue weighted by molar-refractivity contribution is 0.172. The Morgan fingerprint density at radius 2 is 1.65 bits per heavy atom. The van der Waals surface area contributed by atoms with Gasteiger partial charge in [0.05, 0.1) is 6.10 Å². The van der Waals surface area contributed by atoms with Gasteiger partial charge in [-0.05, 0) is 48.7 Å². The Balaban J connectivity index is 2.13. The van der Waals surface area contributed by atoms with Crippen LogP contribution in [0.1, 0.15) is 16.7 Å². The van der Waals surface area contributed by atoms with E-state index in [1.165, 1.54) is 18.2 Å². The summed E-state index contributed by atoms with van der Waals surface area (Å²) in [4.78, 5) is 0. The van der Waals surface area contributed by atoms with Crippen LogP contribution in [0.25, 0.3) is 0 Å². The lowest BCUT2D eigenvalue weighted by Gasteiger charge is -2.13. The van der Waals surface area contributed by atoms with Crippen LogP contribution in [-0.4, -0.2) is 11.2 Å². The first-order valence-electron chi connectivity index (χ1n) is 6.33. The summed E-state index contributed by atoms with van der Waals surface area (Å²) < 4.78 is 40.1. The number of rotatable bonds is 4. The molecule has 0 radical (unpaired) electrons. The maximum Gasteiger partial charge on any atom is 0.129 e. The molecule has 106 valence electrons. The molecule has 2 aromatic rings. The maximum atomic E-state index is 13.5. The molecule has 1 nitrogen and oxygen atoms in total. The summed E-state index contributed by atoms with van der Waals surface area (Å²) in [5, 5.41) is 9.96. The highest BCUT2D eigenvalue weighted by molar-refractivity contribution is 5.28. The molecule has 2 aromatic carbocycles. The molecule has 0 spiro atoms. The van der Waals surface area contributed by atoms with E-state index in [2.05, 4.69) is 0 Å². The number of hydrogen-bond donors (Lipinski definition) is 1. The molecule has 2 rings (SSSR count). The zero-order chi connectivity index (χ0) is 14.7. The van der Waals surface area contributed by atoms with Crippen LogP contribution in [0.3, 0.4) is 0 Å². The minimum absolute atomic E-state index is 0.144. The van der Waals surface area contributed by atoms with Crippen LogP contribution in [0.5, 0.6) is 0 Å². The molecule has 0 aliphatic carbocycles. The molecule has 4 heteroatoms. The molecule has 0 saturated heterocycles. The summed E-state index contributed by atoms with van der Waals surface area (Å²) >= 11 is 0. The average molecular weight is 280 g/mol. The smallest absolute Gasteiger partial charge is 0.129 e. The number of hydrogen-bond acceptors (Lipinski definition) is 1. The van der Waals surface area contributed by atoms with Crippen LogP contribution in [0.4, 0.5) is 13.2 Å². The van der Waals surface area contributed by atoms with Crippen LogP contribution in [-0.2, 0) is 12.8 Å². The molecule has 20 heavy (non-hydrogen) atoms. The second kappa shape index (κ2) is 6.09. The summed E-state index contributed by atoms with van der Waals surface area (Å²) in [6, 6.07) is 7.85. The van der Waals surface area contributed by atoms with Crippen LogP contribution < -0.4 is 0 Å². The molecule has 1 unspecified atom stereocenters. The van der Waals surface area contributed by atoms with E-state index >= 15 is 0 Å². The lowest BCUT2D eigenvalue weighted by Crippen LogP contribution is -2.16. The summed E-state index contributed by atoms with van der Waals surface area (Å²) in [5.41, 5.74) is 1.32. The Morgan fingerprint density at radius 1 is 1.00 bits per heavy atom. The van der Waals surface area contributed by atoms with E-state index in [1.54, 1.807) is 13.0 Å². The van der Waals surface area contributed by atoms with Gasteiger partial charge < -0.3 is 5.11 Å². The van der Waals surface area contributed by atoms with Crippen molar-refractivity contribution in [1.29, 1.82) is 0 Å². The zero-order valence-corrected chi connectivity index (χ0v) is 11.0. The van der Waals surface area contributed by atoms with E-state index in [0.29, 0.717) is 5.56 Å². The van der Waals surface area contributed by atoms with E-state index in [-0.39, 0.29) is 18.4 Å². The molecule has 1 atom stereocenters. The topological polar surface area (TPSA) is 20.2 Å². The molecule has 0 aliphatic heterocycles. The highest BCUT2D eigenvalue weighted by Gasteiger charge is 2.15. The Kier molecular flexibility index (Phi) is 4.45. The molecule has 0 aliphatic rings. The maximum absolute atomic E-state index is 13.5. The van der Waals surface area contributed by atoms with Gasteiger partial charge in [-0.15, -0.1) is 0 Å². The van der Waals surface area contributed by atoms with Crippen LogP contribution in [0.15, 0.2) is 36.4 Å². The monoisotopic (exact) mass is 280 g/mol.